The zero-order valence-electron chi connectivity index (χ0n) is 12.4. The lowest BCUT2D eigenvalue weighted by Crippen LogP contribution is -2.71. The minimum Gasteiger partial charge on any atom is -0.389 e. The van der Waals surface area contributed by atoms with E-state index in [-0.39, 0.29) is 28.8 Å². The highest BCUT2D eigenvalue weighted by atomic mass is 16.3. The van der Waals surface area contributed by atoms with Gasteiger partial charge in [-0.1, -0.05) is 37.3 Å². The van der Waals surface area contributed by atoms with Crippen molar-refractivity contribution in [2.45, 2.75) is 38.2 Å². The topological polar surface area (TPSA) is 54.4 Å². The predicted molar refractivity (Wildman–Crippen MR) is 77.6 cm³/mol. The molecule has 0 heterocycles. The molecule has 0 amide bonds. The van der Waals surface area contributed by atoms with Crippen LogP contribution in [0.3, 0.4) is 0 Å². The van der Waals surface area contributed by atoms with Gasteiger partial charge in [0.25, 0.3) is 0 Å². The van der Waals surface area contributed by atoms with Gasteiger partial charge in [0.15, 0.2) is 0 Å². The Morgan fingerprint density at radius 3 is 2.38 bits per heavy atom. The number of carbonyl (C=O) groups is 2. The first-order valence-corrected chi connectivity index (χ1v) is 7.71. The molecule has 6 atom stereocenters. The minimum atomic E-state index is -1.03. The summed E-state index contributed by atoms with van der Waals surface area (Å²) < 4.78 is 0. The van der Waals surface area contributed by atoms with Crippen molar-refractivity contribution < 1.29 is 14.7 Å². The average molecular weight is 284 g/mol. The van der Waals surface area contributed by atoms with Crippen LogP contribution in [0.15, 0.2) is 30.3 Å². The molecule has 4 fully saturated rings. The van der Waals surface area contributed by atoms with Crippen molar-refractivity contribution in [1.82, 2.24) is 0 Å². The molecule has 4 aliphatic rings. The number of aliphatic hydroxyl groups is 1. The highest BCUT2D eigenvalue weighted by Crippen LogP contribution is 2.65. The fraction of sp³-hybridized carbons (Fsp3) is 0.556. The first-order chi connectivity index (χ1) is 9.87. The van der Waals surface area contributed by atoms with Crippen molar-refractivity contribution in [1.29, 1.82) is 0 Å². The Bertz CT molecular complexity index is 633. The van der Waals surface area contributed by atoms with Crippen LogP contribution in [0.5, 0.6) is 0 Å². The van der Waals surface area contributed by atoms with E-state index in [0.717, 1.165) is 5.56 Å². The van der Waals surface area contributed by atoms with E-state index in [1.165, 1.54) is 0 Å². The molecule has 5 rings (SSSR count). The van der Waals surface area contributed by atoms with Crippen molar-refractivity contribution in [2.24, 2.45) is 23.2 Å². The van der Waals surface area contributed by atoms with Crippen molar-refractivity contribution in [2.75, 3.05) is 0 Å². The number of hydrogen-bond donors (Lipinski definition) is 1. The van der Waals surface area contributed by atoms with E-state index >= 15 is 0 Å². The lowest BCUT2D eigenvalue weighted by Gasteiger charge is -2.64. The molecule has 0 aromatic heterocycles. The summed E-state index contributed by atoms with van der Waals surface area (Å²) in [7, 11) is 0. The van der Waals surface area contributed by atoms with Gasteiger partial charge in [0.05, 0.1) is 17.4 Å². The third-order valence-electron chi connectivity index (χ3n) is 6.49. The summed E-state index contributed by atoms with van der Waals surface area (Å²) >= 11 is 0. The minimum absolute atomic E-state index is 0.0349. The Kier molecular flexibility index (Phi) is 2.41. The zero-order chi connectivity index (χ0) is 15.0. The number of ketones is 2. The van der Waals surface area contributed by atoms with E-state index in [1.54, 1.807) is 6.92 Å². The Balaban J connectivity index is 1.90. The van der Waals surface area contributed by atoms with E-state index in [4.69, 9.17) is 0 Å². The third kappa shape index (κ3) is 1.43. The Hall–Kier alpha value is -1.48. The van der Waals surface area contributed by atoms with E-state index in [0.29, 0.717) is 12.8 Å². The van der Waals surface area contributed by atoms with Crippen molar-refractivity contribution in [3.8, 4) is 0 Å². The number of Topliss-reactive ketones (excluding diaryl/α,β-unsaturated/α-hetero) is 2. The summed E-state index contributed by atoms with van der Waals surface area (Å²) in [6, 6.07) is 9.76. The van der Waals surface area contributed by atoms with Crippen LogP contribution in [0.1, 0.15) is 38.2 Å². The van der Waals surface area contributed by atoms with Crippen molar-refractivity contribution in [3.63, 3.8) is 0 Å². The summed E-state index contributed by atoms with van der Waals surface area (Å²) in [5.74, 6) is -1.12. The first kappa shape index (κ1) is 13.2. The SMILES string of the molecule is C[C@@]12C[C@H]3C(=O)[C@@H](C1)C(c1ccccc1)[C@H](C3=O)[C@@]2(C)O. The van der Waals surface area contributed by atoms with Gasteiger partial charge in [-0.25, -0.2) is 0 Å². The molecule has 0 spiro atoms. The van der Waals surface area contributed by atoms with Gasteiger partial charge >= 0.3 is 0 Å². The van der Waals surface area contributed by atoms with Crippen LogP contribution in [-0.4, -0.2) is 22.3 Å². The summed E-state index contributed by atoms with van der Waals surface area (Å²) in [6.07, 6.45) is 1.21. The molecule has 4 aliphatic carbocycles. The number of carbonyl (C=O) groups excluding carboxylic acids is 2. The molecule has 0 saturated heterocycles. The second-order valence-electron chi connectivity index (χ2n) is 7.49. The van der Waals surface area contributed by atoms with E-state index < -0.39 is 17.4 Å². The maximum Gasteiger partial charge on any atom is 0.149 e. The Morgan fingerprint density at radius 2 is 1.71 bits per heavy atom. The van der Waals surface area contributed by atoms with E-state index in [2.05, 4.69) is 0 Å². The first-order valence-electron chi connectivity index (χ1n) is 7.71. The molecule has 1 unspecified atom stereocenters. The standard InChI is InChI=1S/C18H20O3/c1-17-8-11-13(10-6-4-3-5-7-10)14(18(17,2)21)16(20)12(9-17)15(11)19/h3-7,11-14,21H,8-9H2,1-2H3/t11-,12-,13?,14+,17-,18+/m0/s1. The van der Waals surface area contributed by atoms with Gasteiger partial charge in [-0.15, -0.1) is 0 Å². The van der Waals surface area contributed by atoms with Gasteiger partial charge in [0, 0.05) is 11.8 Å². The van der Waals surface area contributed by atoms with Gasteiger partial charge in [-0.05, 0) is 30.7 Å². The molecular weight excluding hydrogens is 264 g/mol. The molecule has 0 aliphatic heterocycles. The normalized spacial score (nSPS) is 48.0. The van der Waals surface area contributed by atoms with Crippen molar-refractivity contribution >= 4 is 11.6 Å². The molecule has 4 saturated carbocycles. The van der Waals surface area contributed by atoms with Crippen molar-refractivity contribution in [3.05, 3.63) is 35.9 Å². The van der Waals surface area contributed by atoms with Gasteiger partial charge < -0.3 is 5.11 Å². The van der Waals surface area contributed by atoms with Crippen LogP contribution in [0.25, 0.3) is 0 Å². The fourth-order valence-electron chi connectivity index (χ4n) is 5.16. The summed E-state index contributed by atoms with van der Waals surface area (Å²) in [5, 5.41) is 11.1. The van der Waals surface area contributed by atoms with Gasteiger partial charge in [0.2, 0.25) is 0 Å². The molecule has 0 radical (unpaired) electrons. The van der Waals surface area contributed by atoms with Crippen LogP contribution in [-0.2, 0) is 9.59 Å². The van der Waals surface area contributed by atoms with E-state index in [9.17, 15) is 14.7 Å². The van der Waals surface area contributed by atoms with Crippen LogP contribution < -0.4 is 0 Å². The second-order valence-corrected chi connectivity index (χ2v) is 7.49. The summed E-state index contributed by atoms with van der Waals surface area (Å²) in [4.78, 5) is 25.4. The predicted octanol–water partition coefficient (Wildman–Crippen LogP) is 2.34. The zero-order valence-corrected chi connectivity index (χ0v) is 12.4. The molecule has 3 nitrogen and oxygen atoms in total. The quantitative estimate of drug-likeness (QED) is 0.805. The van der Waals surface area contributed by atoms with Gasteiger partial charge in [-0.2, -0.15) is 0 Å². The monoisotopic (exact) mass is 284 g/mol. The maximum atomic E-state index is 12.7. The van der Waals surface area contributed by atoms with Crippen LogP contribution in [0, 0.1) is 23.2 Å². The Labute approximate surface area is 124 Å². The highest BCUT2D eigenvalue weighted by molar-refractivity contribution is 6.09. The van der Waals surface area contributed by atoms with Crippen LogP contribution in [0.2, 0.25) is 0 Å². The molecule has 1 aromatic rings. The molecular formula is C18H20O3. The molecule has 110 valence electrons. The Morgan fingerprint density at radius 1 is 1.05 bits per heavy atom. The third-order valence-corrected chi connectivity index (χ3v) is 6.49. The second kappa shape index (κ2) is 3.83. The lowest BCUT2D eigenvalue weighted by atomic mass is 9.39. The lowest BCUT2D eigenvalue weighted by molar-refractivity contribution is -0.211. The molecule has 1 N–H and O–H groups in total. The fourth-order valence-corrected chi connectivity index (χ4v) is 5.16. The average Bonchev–Trinajstić information content (AvgIpc) is 2.44. The largest absolute Gasteiger partial charge is 0.389 e. The molecule has 21 heavy (non-hydrogen) atoms. The molecule has 4 bridgehead atoms. The number of rotatable bonds is 1. The van der Waals surface area contributed by atoms with Gasteiger partial charge in [-0.3, -0.25) is 9.59 Å². The molecule has 3 heteroatoms. The van der Waals surface area contributed by atoms with Crippen LogP contribution in [0.4, 0.5) is 0 Å². The van der Waals surface area contributed by atoms with E-state index in [1.807, 2.05) is 37.3 Å². The maximum absolute atomic E-state index is 12.7. The highest BCUT2D eigenvalue weighted by Gasteiger charge is 2.70. The number of hydrogen-bond acceptors (Lipinski definition) is 3. The summed E-state index contributed by atoms with van der Waals surface area (Å²) in [5.41, 5.74) is -0.338. The van der Waals surface area contributed by atoms with Crippen LogP contribution >= 0.6 is 0 Å². The smallest absolute Gasteiger partial charge is 0.149 e. The molecule has 1 aromatic carbocycles. The summed E-state index contributed by atoms with van der Waals surface area (Å²) in [6.45, 7) is 3.84. The number of benzene rings is 1. The van der Waals surface area contributed by atoms with Gasteiger partial charge in [0.1, 0.15) is 11.6 Å².